The minimum absolute atomic E-state index is 0.0832. The van der Waals surface area contributed by atoms with Gasteiger partial charge in [-0.1, -0.05) is 53.1 Å². The lowest BCUT2D eigenvalue weighted by atomic mass is 9.96. The second-order valence-electron chi connectivity index (χ2n) is 8.36. The third-order valence-electron chi connectivity index (χ3n) is 2.98. The van der Waals surface area contributed by atoms with Gasteiger partial charge in [-0.25, -0.2) is 0 Å². The Morgan fingerprint density at radius 1 is 1.00 bits per heavy atom. The molecule has 126 valence electrons. The summed E-state index contributed by atoms with van der Waals surface area (Å²) in [5.41, 5.74) is -0.118. The molecular formula is C16H29ClN4O. The van der Waals surface area contributed by atoms with Gasteiger partial charge in [-0.15, -0.1) is 0 Å². The van der Waals surface area contributed by atoms with E-state index in [1.165, 1.54) is 0 Å². The van der Waals surface area contributed by atoms with Crippen LogP contribution in [0.1, 0.15) is 41.5 Å². The van der Waals surface area contributed by atoms with Gasteiger partial charge in [0, 0.05) is 27.2 Å². The van der Waals surface area contributed by atoms with E-state index in [0.29, 0.717) is 11.8 Å². The standard InChI is InChI=1S/C16H29ClN4O/c1-15(2,3)9-20(7)12-11(17)13(22)19-14(18-12)21(8)10-16(4,5)6/h9-10H2,1-8H3,(H,18,19,22). The number of H-pyrrole nitrogens is 1. The van der Waals surface area contributed by atoms with Crippen molar-refractivity contribution in [3.8, 4) is 0 Å². The Labute approximate surface area is 138 Å². The van der Waals surface area contributed by atoms with Gasteiger partial charge in [0.2, 0.25) is 5.95 Å². The lowest BCUT2D eigenvalue weighted by Gasteiger charge is -2.30. The van der Waals surface area contributed by atoms with Gasteiger partial charge in [0.05, 0.1) is 0 Å². The molecule has 1 N–H and O–H groups in total. The third-order valence-corrected chi connectivity index (χ3v) is 3.32. The summed E-state index contributed by atoms with van der Waals surface area (Å²) < 4.78 is 0. The molecule has 0 fully saturated rings. The lowest BCUT2D eigenvalue weighted by molar-refractivity contribution is 0.414. The maximum absolute atomic E-state index is 12.1. The van der Waals surface area contributed by atoms with Crippen LogP contribution in [0.3, 0.4) is 0 Å². The van der Waals surface area contributed by atoms with Gasteiger partial charge in [-0.3, -0.25) is 9.78 Å². The number of nitrogens with one attached hydrogen (secondary N) is 1. The average Bonchev–Trinajstić information content (AvgIpc) is 2.27. The topological polar surface area (TPSA) is 52.2 Å². The van der Waals surface area contributed by atoms with Gasteiger partial charge >= 0.3 is 0 Å². The highest BCUT2D eigenvalue weighted by Gasteiger charge is 2.21. The zero-order valence-electron chi connectivity index (χ0n) is 15.0. The first-order valence-electron chi connectivity index (χ1n) is 7.52. The molecule has 0 saturated heterocycles. The predicted octanol–water partition coefficient (Wildman–Crippen LogP) is 3.39. The maximum atomic E-state index is 12.1. The third kappa shape index (κ3) is 5.52. The minimum atomic E-state index is -0.303. The van der Waals surface area contributed by atoms with Crippen molar-refractivity contribution >= 4 is 23.4 Å². The van der Waals surface area contributed by atoms with Gasteiger partial charge in [0.1, 0.15) is 5.02 Å². The van der Waals surface area contributed by atoms with Crippen LogP contribution in [0.15, 0.2) is 4.79 Å². The predicted molar refractivity (Wildman–Crippen MR) is 95.3 cm³/mol. The molecule has 0 radical (unpaired) electrons. The van der Waals surface area contributed by atoms with E-state index in [0.717, 1.165) is 13.1 Å². The molecule has 1 aromatic rings. The normalized spacial score (nSPS) is 12.4. The summed E-state index contributed by atoms with van der Waals surface area (Å²) in [7, 11) is 3.83. The van der Waals surface area contributed by atoms with Crippen LogP contribution in [0, 0.1) is 10.8 Å². The van der Waals surface area contributed by atoms with Crippen LogP contribution in [-0.4, -0.2) is 37.2 Å². The van der Waals surface area contributed by atoms with Crippen LogP contribution in [0.4, 0.5) is 11.8 Å². The first kappa shape index (κ1) is 18.8. The molecule has 1 rings (SSSR count). The van der Waals surface area contributed by atoms with E-state index in [-0.39, 0.29) is 21.4 Å². The van der Waals surface area contributed by atoms with Crippen molar-refractivity contribution in [3.63, 3.8) is 0 Å². The van der Waals surface area contributed by atoms with Crippen LogP contribution < -0.4 is 15.4 Å². The highest BCUT2D eigenvalue weighted by atomic mass is 35.5. The molecule has 5 nitrogen and oxygen atoms in total. The fraction of sp³-hybridized carbons (Fsp3) is 0.750. The Kier molecular flexibility index (Phi) is 5.55. The Balaban J connectivity index is 3.17. The number of aromatic amines is 1. The Hall–Kier alpha value is -1.23. The van der Waals surface area contributed by atoms with Crippen molar-refractivity contribution in [3.05, 3.63) is 15.4 Å². The second-order valence-corrected chi connectivity index (χ2v) is 8.74. The molecule has 6 heteroatoms. The number of nitrogens with zero attached hydrogens (tertiary/aromatic N) is 3. The van der Waals surface area contributed by atoms with Crippen LogP contribution in [0.2, 0.25) is 5.02 Å². The molecule has 1 heterocycles. The van der Waals surface area contributed by atoms with E-state index in [4.69, 9.17) is 11.6 Å². The van der Waals surface area contributed by atoms with E-state index < -0.39 is 0 Å². The van der Waals surface area contributed by atoms with Crippen molar-refractivity contribution < 1.29 is 0 Å². The molecule has 0 saturated carbocycles. The molecule has 0 amide bonds. The fourth-order valence-electron chi connectivity index (χ4n) is 2.44. The smallest absolute Gasteiger partial charge is 0.273 e. The summed E-state index contributed by atoms with van der Waals surface area (Å²) in [6.07, 6.45) is 0. The molecule has 0 unspecified atom stereocenters. The Bertz CT molecular complexity index is 569. The van der Waals surface area contributed by atoms with Crippen molar-refractivity contribution in [1.82, 2.24) is 9.97 Å². The maximum Gasteiger partial charge on any atom is 0.273 e. The van der Waals surface area contributed by atoms with Crippen LogP contribution in [0.5, 0.6) is 0 Å². The minimum Gasteiger partial charge on any atom is -0.358 e. The quantitative estimate of drug-likeness (QED) is 0.920. The van der Waals surface area contributed by atoms with E-state index in [9.17, 15) is 4.79 Å². The number of anilines is 2. The van der Waals surface area contributed by atoms with Crippen molar-refractivity contribution in [2.75, 3.05) is 37.0 Å². The van der Waals surface area contributed by atoms with Crippen molar-refractivity contribution in [2.24, 2.45) is 10.8 Å². The number of rotatable bonds is 4. The molecular weight excluding hydrogens is 300 g/mol. The molecule has 0 atom stereocenters. The summed E-state index contributed by atoms with van der Waals surface area (Å²) in [4.78, 5) is 23.3. The zero-order valence-corrected chi connectivity index (χ0v) is 15.8. The second kappa shape index (κ2) is 6.49. The summed E-state index contributed by atoms with van der Waals surface area (Å²) >= 11 is 6.16. The van der Waals surface area contributed by atoms with E-state index in [2.05, 4.69) is 51.5 Å². The van der Waals surface area contributed by atoms with Gasteiger partial charge in [-0.2, -0.15) is 4.98 Å². The molecule has 0 aliphatic heterocycles. The molecule has 22 heavy (non-hydrogen) atoms. The summed E-state index contributed by atoms with van der Waals surface area (Å²) in [6.45, 7) is 14.4. The molecule has 0 aromatic carbocycles. The summed E-state index contributed by atoms with van der Waals surface area (Å²) in [5.74, 6) is 1.07. The number of hydrogen-bond donors (Lipinski definition) is 1. The van der Waals surface area contributed by atoms with Crippen molar-refractivity contribution in [1.29, 1.82) is 0 Å². The van der Waals surface area contributed by atoms with Crippen LogP contribution >= 0.6 is 11.6 Å². The Morgan fingerprint density at radius 2 is 1.45 bits per heavy atom. The van der Waals surface area contributed by atoms with Crippen LogP contribution in [-0.2, 0) is 0 Å². The van der Waals surface area contributed by atoms with E-state index in [1.807, 2.05) is 23.9 Å². The summed E-state index contributed by atoms with van der Waals surface area (Å²) in [5, 5.41) is 0.139. The molecule has 0 bridgehead atoms. The highest BCUT2D eigenvalue weighted by Crippen LogP contribution is 2.25. The highest BCUT2D eigenvalue weighted by molar-refractivity contribution is 6.32. The first-order valence-corrected chi connectivity index (χ1v) is 7.90. The lowest BCUT2D eigenvalue weighted by Crippen LogP contribution is -2.34. The first-order chi connectivity index (χ1) is 9.80. The zero-order chi connectivity index (χ0) is 17.3. The average molecular weight is 329 g/mol. The number of aromatic nitrogens is 2. The molecule has 0 spiro atoms. The van der Waals surface area contributed by atoms with Gasteiger partial charge in [-0.05, 0) is 10.8 Å². The van der Waals surface area contributed by atoms with Crippen LogP contribution in [0.25, 0.3) is 0 Å². The monoisotopic (exact) mass is 328 g/mol. The van der Waals surface area contributed by atoms with Gasteiger partial charge in [0.15, 0.2) is 5.82 Å². The number of halogens is 1. The Morgan fingerprint density at radius 3 is 1.91 bits per heavy atom. The SMILES string of the molecule is CN(CC(C)(C)C)c1nc(N(C)CC(C)(C)C)c(Cl)c(=O)[nH]1. The number of hydrogen-bond acceptors (Lipinski definition) is 4. The fourth-order valence-corrected chi connectivity index (χ4v) is 2.68. The van der Waals surface area contributed by atoms with E-state index >= 15 is 0 Å². The van der Waals surface area contributed by atoms with Gasteiger partial charge < -0.3 is 9.80 Å². The van der Waals surface area contributed by atoms with Crippen molar-refractivity contribution in [2.45, 2.75) is 41.5 Å². The molecule has 0 aliphatic rings. The summed E-state index contributed by atoms with van der Waals surface area (Å²) in [6, 6.07) is 0. The largest absolute Gasteiger partial charge is 0.358 e. The van der Waals surface area contributed by atoms with E-state index in [1.54, 1.807) is 0 Å². The van der Waals surface area contributed by atoms with Gasteiger partial charge in [0.25, 0.3) is 5.56 Å². The molecule has 0 aliphatic carbocycles. The molecule has 1 aromatic heterocycles.